The van der Waals surface area contributed by atoms with E-state index in [0.717, 1.165) is 24.3 Å². The van der Waals surface area contributed by atoms with Gasteiger partial charge in [0.25, 0.3) is 0 Å². The molecule has 1 aliphatic rings. The Balaban J connectivity index is 2.18. The third-order valence-corrected chi connectivity index (χ3v) is 5.00. The highest BCUT2D eigenvalue weighted by atomic mass is 79.9. The summed E-state index contributed by atoms with van der Waals surface area (Å²) in [7, 11) is 0. The Morgan fingerprint density at radius 2 is 1.90 bits per heavy atom. The zero-order chi connectivity index (χ0) is 14.5. The molecule has 2 heteroatoms. The molecule has 1 N–H and O–H groups in total. The molecule has 1 aromatic rings. The highest BCUT2D eigenvalue weighted by Gasteiger charge is 2.30. The Hall–Kier alpha value is -0.340. The van der Waals surface area contributed by atoms with Gasteiger partial charge in [0, 0.05) is 10.5 Å². The van der Waals surface area contributed by atoms with E-state index in [1.165, 1.54) is 35.7 Å². The van der Waals surface area contributed by atoms with Gasteiger partial charge in [-0.05, 0) is 67.7 Å². The second-order valence-corrected chi connectivity index (χ2v) is 7.58. The van der Waals surface area contributed by atoms with E-state index >= 15 is 0 Å². The van der Waals surface area contributed by atoms with Crippen molar-refractivity contribution in [2.24, 2.45) is 17.8 Å². The summed E-state index contributed by atoms with van der Waals surface area (Å²) in [5.74, 6) is 2.50. The van der Waals surface area contributed by atoms with E-state index < -0.39 is 0 Å². The molecule has 3 atom stereocenters. The van der Waals surface area contributed by atoms with Crippen molar-refractivity contribution in [3.05, 3.63) is 34.3 Å². The highest BCUT2D eigenvalue weighted by molar-refractivity contribution is 9.10. The van der Waals surface area contributed by atoms with Gasteiger partial charge in [-0.25, -0.2) is 0 Å². The molecule has 20 heavy (non-hydrogen) atoms. The standard InChI is InChI=1S/C18H28BrN/c1-4-8-20-18(15-6-5-7-17(19)12-15)16-10-13(2)9-14(3)11-16/h5-7,12-14,16,18,20H,4,8-11H2,1-3H3. The second kappa shape index (κ2) is 7.61. The van der Waals surface area contributed by atoms with Crippen LogP contribution in [0.15, 0.2) is 28.7 Å². The molecule has 0 radical (unpaired) electrons. The fourth-order valence-electron chi connectivity index (χ4n) is 3.84. The van der Waals surface area contributed by atoms with E-state index in [9.17, 15) is 0 Å². The van der Waals surface area contributed by atoms with Gasteiger partial charge in [-0.3, -0.25) is 0 Å². The minimum absolute atomic E-state index is 0.512. The first-order valence-corrected chi connectivity index (χ1v) is 8.88. The summed E-state index contributed by atoms with van der Waals surface area (Å²) >= 11 is 3.62. The Morgan fingerprint density at radius 1 is 1.20 bits per heavy atom. The fourth-order valence-corrected chi connectivity index (χ4v) is 4.25. The summed E-state index contributed by atoms with van der Waals surface area (Å²) in [6.07, 6.45) is 5.31. The van der Waals surface area contributed by atoms with Gasteiger partial charge in [-0.1, -0.05) is 48.8 Å². The largest absolute Gasteiger partial charge is 0.310 e. The van der Waals surface area contributed by atoms with Crippen molar-refractivity contribution in [2.75, 3.05) is 6.54 Å². The maximum atomic E-state index is 3.80. The monoisotopic (exact) mass is 337 g/mol. The van der Waals surface area contributed by atoms with Gasteiger partial charge in [0.2, 0.25) is 0 Å². The van der Waals surface area contributed by atoms with Crippen molar-refractivity contribution in [1.82, 2.24) is 5.32 Å². The van der Waals surface area contributed by atoms with E-state index in [-0.39, 0.29) is 0 Å². The quantitative estimate of drug-likeness (QED) is 0.741. The van der Waals surface area contributed by atoms with Crippen LogP contribution in [-0.4, -0.2) is 6.54 Å². The van der Waals surface area contributed by atoms with Gasteiger partial charge in [-0.2, -0.15) is 0 Å². The predicted molar refractivity (Wildman–Crippen MR) is 90.8 cm³/mol. The smallest absolute Gasteiger partial charge is 0.0349 e. The van der Waals surface area contributed by atoms with Crippen LogP contribution in [0, 0.1) is 17.8 Å². The lowest BCUT2D eigenvalue weighted by atomic mass is 9.72. The lowest BCUT2D eigenvalue weighted by Crippen LogP contribution is -2.33. The van der Waals surface area contributed by atoms with Crippen LogP contribution in [0.4, 0.5) is 0 Å². The minimum Gasteiger partial charge on any atom is -0.310 e. The predicted octanol–water partition coefficient (Wildman–Crippen LogP) is 5.56. The molecule has 2 rings (SSSR count). The molecule has 0 heterocycles. The van der Waals surface area contributed by atoms with Gasteiger partial charge >= 0.3 is 0 Å². The first kappa shape index (κ1) is 16.0. The summed E-state index contributed by atoms with van der Waals surface area (Å²) in [6.45, 7) is 8.19. The van der Waals surface area contributed by atoms with Gasteiger partial charge in [0.05, 0.1) is 0 Å². The van der Waals surface area contributed by atoms with Crippen LogP contribution < -0.4 is 5.32 Å². The third kappa shape index (κ3) is 4.33. The first-order chi connectivity index (χ1) is 9.60. The third-order valence-electron chi connectivity index (χ3n) is 4.51. The fraction of sp³-hybridized carbons (Fsp3) is 0.667. The molecule has 1 nitrogen and oxygen atoms in total. The first-order valence-electron chi connectivity index (χ1n) is 8.09. The zero-order valence-electron chi connectivity index (χ0n) is 13.0. The molecule has 0 amide bonds. The van der Waals surface area contributed by atoms with E-state index in [0.29, 0.717) is 6.04 Å². The average Bonchev–Trinajstić information content (AvgIpc) is 2.38. The highest BCUT2D eigenvalue weighted by Crippen LogP contribution is 2.40. The molecule has 1 aromatic carbocycles. The van der Waals surface area contributed by atoms with Gasteiger partial charge in [0.1, 0.15) is 0 Å². The molecule has 0 spiro atoms. The topological polar surface area (TPSA) is 12.0 Å². The van der Waals surface area contributed by atoms with Crippen LogP contribution in [0.1, 0.15) is 58.1 Å². The normalized spacial score (nSPS) is 28.3. The lowest BCUT2D eigenvalue weighted by Gasteiger charge is -2.37. The SMILES string of the molecule is CCCNC(c1cccc(Br)c1)C1CC(C)CC(C)C1. The van der Waals surface area contributed by atoms with Crippen molar-refractivity contribution in [3.8, 4) is 0 Å². The Bertz CT molecular complexity index is 408. The molecule has 112 valence electrons. The molecule has 0 aromatic heterocycles. The van der Waals surface area contributed by atoms with Gasteiger partial charge < -0.3 is 5.32 Å². The van der Waals surface area contributed by atoms with Crippen LogP contribution in [0.25, 0.3) is 0 Å². The van der Waals surface area contributed by atoms with Gasteiger partial charge in [-0.15, -0.1) is 0 Å². The van der Waals surface area contributed by atoms with Crippen LogP contribution in [-0.2, 0) is 0 Å². The number of hydrogen-bond donors (Lipinski definition) is 1. The number of hydrogen-bond acceptors (Lipinski definition) is 1. The summed E-state index contributed by atoms with van der Waals surface area (Å²) < 4.78 is 1.19. The van der Waals surface area contributed by atoms with Crippen LogP contribution >= 0.6 is 15.9 Å². The number of halogens is 1. The molecule has 0 bridgehead atoms. The average molecular weight is 338 g/mol. The zero-order valence-corrected chi connectivity index (χ0v) is 14.6. The Labute approximate surface area is 132 Å². The van der Waals surface area contributed by atoms with E-state index in [1.54, 1.807) is 0 Å². The van der Waals surface area contributed by atoms with Crippen molar-refractivity contribution >= 4 is 15.9 Å². The Morgan fingerprint density at radius 3 is 2.50 bits per heavy atom. The van der Waals surface area contributed by atoms with E-state index in [4.69, 9.17) is 0 Å². The summed E-state index contributed by atoms with van der Waals surface area (Å²) in [4.78, 5) is 0. The van der Waals surface area contributed by atoms with Crippen molar-refractivity contribution in [2.45, 2.75) is 52.5 Å². The Kier molecular flexibility index (Phi) is 6.10. The van der Waals surface area contributed by atoms with Crippen LogP contribution in [0.5, 0.6) is 0 Å². The van der Waals surface area contributed by atoms with Gasteiger partial charge in [0.15, 0.2) is 0 Å². The number of rotatable bonds is 5. The maximum Gasteiger partial charge on any atom is 0.0349 e. The number of benzene rings is 1. The molecule has 1 aliphatic carbocycles. The molecule has 0 saturated heterocycles. The number of nitrogens with one attached hydrogen (secondary N) is 1. The molecule has 0 aliphatic heterocycles. The van der Waals surface area contributed by atoms with Crippen molar-refractivity contribution in [1.29, 1.82) is 0 Å². The summed E-state index contributed by atoms with van der Waals surface area (Å²) in [5, 5.41) is 3.80. The molecular formula is C18H28BrN. The molecule has 3 unspecified atom stereocenters. The lowest BCUT2D eigenvalue weighted by molar-refractivity contribution is 0.176. The van der Waals surface area contributed by atoms with Crippen LogP contribution in [0.2, 0.25) is 0 Å². The van der Waals surface area contributed by atoms with E-state index in [2.05, 4.69) is 66.3 Å². The molecule has 1 fully saturated rings. The minimum atomic E-state index is 0.512. The molecule has 1 saturated carbocycles. The summed E-state index contributed by atoms with van der Waals surface area (Å²) in [5.41, 5.74) is 1.44. The van der Waals surface area contributed by atoms with Crippen LogP contribution in [0.3, 0.4) is 0 Å². The van der Waals surface area contributed by atoms with E-state index in [1.807, 2.05) is 0 Å². The second-order valence-electron chi connectivity index (χ2n) is 6.66. The van der Waals surface area contributed by atoms with Crippen molar-refractivity contribution < 1.29 is 0 Å². The van der Waals surface area contributed by atoms with Crippen molar-refractivity contribution in [3.63, 3.8) is 0 Å². The molecular weight excluding hydrogens is 310 g/mol. The maximum absolute atomic E-state index is 3.80. The summed E-state index contributed by atoms with van der Waals surface area (Å²) in [6, 6.07) is 9.36.